The number of carbonyl (C=O) groups is 1. The van der Waals surface area contributed by atoms with Crippen LogP contribution in [0.15, 0.2) is 115 Å². The first kappa shape index (κ1) is 22.2. The van der Waals surface area contributed by atoms with E-state index in [9.17, 15) is 4.79 Å². The van der Waals surface area contributed by atoms with Gasteiger partial charge in [0.2, 0.25) is 0 Å². The highest BCUT2D eigenvalue weighted by Gasteiger charge is 2.39. The molecule has 1 amide bonds. The van der Waals surface area contributed by atoms with Gasteiger partial charge in [-0.3, -0.25) is 4.79 Å². The molecule has 0 radical (unpaired) electrons. The van der Waals surface area contributed by atoms with Crippen molar-refractivity contribution in [3.63, 3.8) is 0 Å². The van der Waals surface area contributed by atoms with Crippen molar-refractivity contribution in [2.24, 2.45) is 5.92 Å². The van der Waals surface area contributed by atoms with Crippen LogP contribution < -0.4 is 15.4 Å². The molecular formula is C32H28N2O2. The van der Waals surface area contributed by atoms with Crippen molar-refractivity contribution >= 4 is 17.3 Å². The van der Waals surface area contributed by atoms with E-state index in [-0.39, 0.29) is 17.9 Å². The average molecular weight is 473 g/mol. The van der Waals surface area contributed by atoms with Gasteiger partial charge in [-0.2, -0.15) is 0 Å². The molecule has 0 aromatic heterocycles. The molecule has 0 spiro atoms. The second-order valence-electron chi connectivity index (χ2n) is 9.41. The van der Waals surface area contributed by atoms with Gasteiger partial charge in [0.1, 0.15) is 12.4 Å². The van der Waals surface area contributed by atoms with Gasteiger partial charge in [0.05, 0.1) is 17.3 Å². The van der Waals surface area contributed by atoms with Crippen LogP contribution >= 0.6 is 0 Å². The van der Waals surface area contributed by atoms with E-state index in [4.69, 9.17) is 4.74 Å². The topological polar surface area (TPSA) is 50.4 Å². The lowest BCUT2D eigenvalue weighted by atomic mass is 9.76. The van der Waals surface area contributed by atoms with Crippen molar-refractivity contribution in [3.05, 3.63) is 138 Å². The molecule has 4 heteroatoms. The fourth-order valence-corrected chi connectivity index (χ4v) is 5.37. The number of rotatable bonds is 6. The summed E-state index contributed by atoms with van der Waals surface area (Å²) in [7, 11) is 0. The maximum absolute atomic E-state index is 13.3. The van der Waals surface area contributed by atoms with Crippen LogP contribution in [0.25, 0.3) is 0 Å². The van der Waals surface area contributed by atoms with Crippen LogP contribution in [-0.4, -0.2) is 5.91 Å². The second-order valence-corrected chi connectivity index (χ2v) is 9.41. The monoisotopic (exact) mass is 472 g/mol. The molecule has 36 heavy (non-hydrogen) atoms. The lowest BCUT2D eigenvalue weighted by Crippen LogP contribution is -2.30. The average Bonchev–Trinajstić information content (AvgIpc) is 3.43. The molecule has 3 unspecified atom stereocenters. The molecule has 4 nitrogen and oxygen atoms in total. The Labute approximate surface area is 211 Å². The zero-order valence-electron chi connectivity index (χ0n) is 19.9. The van der Waals surface area contributed by atoms with E-state index >= 15 is 0 Å². The SMILES string of the molecule is O=C(Nc1ccccc1)c1cccc2c1NC(c1ccc(OCc3ccccc3)cc1)C1CC=CC21. The number of fused-ring (bicyclic) bond motifs is 3. The maximum atomic E-state index is 13.3. The molecule has 6 rings (SSSR count). The summed E-state index contributed by atoms with van der Waals surface area (Å²) < 4.78 is 6.00. The molecule has 2 N–H and O–H groups in total. The largest absolute Gasteiger partial charge is 0.489 e. The Balaban J connectivity index is 1.25. The van der Waals surface area contributed by atoms with Crippen LogP contribution in [-0.2, 0) is 6.61 Å². The van der Waals surface area contributed by atoms with Gasteiger partial charge in [-0.25, -0.2) is 0 Å². The first-order chi connectivity index (χ1) is 17.8. The Bertz CT molecular complexity index is 1380. The number of hydrogen-bond acceptors (Lipinski definition) is 3. The van der Waals surface area contributed by atoms with E-state index in [1.165, 1.54) is 11.1 Å². The molecule has 3 atom stereocenters. The van der Waals surface area contributed by atoms with Gasteiger partial charge in [-0.15, -0.1) is 0 Å². The Morgan fingerprint density at radius 3 is 2.39 bits per heavy atom. The molecule has 1 heterocycles. The van der Waals surface area contributed by atoms with Crippen molar-refractivity contribution in [2.75, 3.05) is 10.6 Å². The summed E-state index contributed by atoms with van der Waals surface area (Å²) in [6, 6.07) is 34.3. The summed E-state index contributed by atoms with van der Waals surface area (Å²) in [6.45, 7) is 0.545. The molecule has 0 bridgehead atoms. The zero-order valence-corrected chi connectivity index (χ0v) is 19.9. The molecule has 0 saturated carbocycles. The minimum Gasteiger partial charge on any atom is -0.489 e. The number of anilines is 2. The molecule has 4 aromatic carbocycles. The minimum atomic E-state index is -0.102. The van der Waals surface area contributed by atoms with Crippen LogP contribution in [0.5, 0.6) is 5.75 Å². The number of ether oxygens (including phenoxy) is 1. The number of nitrogens with one attached hydrogen (secondary N) is 2. The number of para-hydroxylation sites is 2. The second kappa shape index (κ2) is 9.74. The van der Waals surface area contributed by atoms with E-state index < -0.39 is 0 Å². The van der Waals surface area contributed by atoms with Crippen molar-refractivity contribution in [2.45, 2.75) is 25.0 Å². The first-order valence-corrected chi connectivity index (χ1v) is 12.5. The van der Waals surface area contributed by atoms with E-state index in [1.54, 1.807) is 0 Å². The maximum Gasteiger partial charge on any atom is 0.257 e. The molecule has 1 aliphatic heterocycles. The third-order valence-electron chi connectivity index (χ3n) is 7.16. The van der Waals surface area contributed by atoms with Gasteiger partial charge < -0.3 is 15.4 Å². The number of benzene rings is 4. The highest BCUT2D eigenvalue weighted by atomic mass is 16.5. The number of hydrogen-bond donors (Lipinski definition) is 2. The highest BCUT2D eigenvalue weighted by Crippen LogP contribution is 2.50. The summed E-state index contributed by atoms with van der Waals surface area (Å²) in [5.74, 6) is 1.43. The Hall–Kier alpha value is -4.31. The quantitative estimate of drug-likeness (QED) is 0.289. The minimum absolute atomic E-state index is 0.102. The molecule has 178 valence electrons. The summed E-state index contributed by atoms with van der Waals surface area (Å²) >= 11 is 0. The Morgan fingerprint density at radius 1 is 0.861 bits per heavy atom. The van der Waals surface area contributed by atoms with Crippen molar-refractivity contribution in [1.29, 1.82) is 0 Å². The lowest BCUT2D eigenvalue weighted by Gasteiger charge is -2.38. The van der Waals surface area contributed by atoms with Crippen molar-refractivity contribution in [1.82, 2.24) is 0 Å². The molecule has 0 saturated heterocycles. The highest BCUT2D eigenvalue weighted by molar-refractivity contribution is 6.08. The standard InChI is InChI=1S/C32H28N2O2/c35-32(33-24-11-5-2-6-12-24)29-16-8-15-28-26-13-7-14-27(26)30(34-31(28)29)23-17-19-25(20-18-23)36-21-22-9-3-1-4-10-22/h1-13,15-20,26-27,30,34H,14,21H2,(H,33,35). The van der Waals surface area contributed by atoms with Gasteiger partial charge in [0, 0.05) is 11.6 Å². The van der Waals surface area contributed by atoms with Gasteiger partial charge in [0.15, 0.2) is 0 Å². The normalized spacial score (nSPS) is 19.6. The first-order valence-electron chi connectivity index (χ1n) is 12.5. The van der Waals surface area contributed by atoms with Gasteiger partial charge in [0.25, 0.3) is 5.91 Å². The van der Waals surface area contributed by atoms with Crippen LogP contribution in [0.2, 0.25) is 0 Å². The zero-order chi connectivity index (χ0) is 24.3. The Kier molecular flexibility index (Phi) is 6.00. The molecule has 1 aliphatic carbocycles. The summed E-state index contributed by atoms with van der Waals surface area (Å²) in [6.07, 6.45) is 5.58. The van der Waals surface area contributed by atoms with Crippen LogP contribution in [0.1, 0.15) is 45.4 Å². The predicted octanol–water partition coefficient (Wildman–Crippen LogP) is 7.34. The summed E-state index contributed by atoms with van der Waals surface area (Å²) in [5, 5.41) is 6.80. The fourth-order valence-electron chi connectivity index (χ4n) is 5.37. The van der Waals surface area contributed by atoms with Crippen molar-refractivity contribution < 1.29 is 9.53 Å². The Morgan fingerprint density at radius 2 is 1.61 bits per heavy atom. The van der Waals surface area contributed by atoms with E-state index in [0.717, 1.165) is 29.1 Å². The third kappa shape index (κ3) is 4.38. The van der Waals surface area contributed by atoms with Crippen LogP contribution in [0.3, 0.4) is 0 Å². The lowest BCUT2D eigenvalue weighted by molar-refractivity contribution is 0.102. The van der Waals surface area contributed by atoms with Crippen LogP contribution in [0, 0.1) is 5.92 Å². The van der Waals surface area contributed by atoms with Crippen LogP contribution in [0.4, 0.5) is 11.4 Å². The van der Waals surface area contributed by atoms with E-state index in [0.29, 0.717) is 18.1 Å². The third-order valence-corrected chi connectivity index (χ3v) is 7.16. The molecular weight excluding hydrogens is 444 g/mol. The number of carbonyl (C=O) groups excluding carboxylic acids is 1. The van der Waals surface area contributed by atoms with Gasteiger partial charge in [-0.1, -0.05) is 84.9 Å². The summed E-state index contributed by atoms with van der Waals surface area (Å²) in [5.41, 5.74) is 5.92. The number of allylic oxidation sites excluding steroid dienone is 2. The predicted molar refractivity (Wildman–Crippen MR) is 144 cm³/mol. The molecule has 0 fully saturated rings. The van der Waals surface area contributed by atoms with Gasteiger partial charge in [-0.05, 0) is 59.4 Å². The van der Waals surface area contributed by atoms with E-state index in [1.807, 2.05) is 72.8 Å². The van der Waals surface area contributed by atoms with E-state index in [2.05, 4.69) is 53.1 Å². The number of amides is 1. The smallest absolute Gasteiger partial charge is 0.257 e. The molecule has 4 aromatic rings. The molecule has 2 aliphatic rings. The van der Waals surface area contributed by atoms with Gasteiger partial charge >= 0.3 is 0 Å². The summed E-state index contributed by atoms with van der Waals surface area (Å²) in [4.78, 5) is 13.3. The van der Waals surface area contributed by atoms with Crippen molar-refractivity contribution in [3.8, 4) is 5.75 Å². The fraction of sp³-hybridized carbons (Fsp3) is 0.156.